The Balaban J connectivity index is 1.22. The van der Waals surface area contributed by atoms with E-state index in [2.05, 4.69) is 6.58 Å². The summed E-state index contributed by atoms with van der Waals surface area (Å²) in [7, 11) is 0. The van der Waals surface area contributed by atoms with Crippen molar-refractivity contribution in [2.24, 2.45) is 0 Å². The first-order chi connectivity index (χ1) is 27.6. The van der Waals surface area contributed by atoms with Crippen molar-refractivity contribution in [2.45, 2.75) is 89.0 Å². The van der Waals surface area contributed by atoms with Crippen LogP contribution in [0.1, 0.15) is 60.8 Å². The van der Waals surface area contributed by atoms with Crippen LogP contribution in [0.3, 0.4) is 0 Å². The Labute approximate surface area is 331 Å². The lowest BCUT2D eigenvalue weighted by atomic mass is 9.96. The zero-order chi connectivity index (χ0) is 40.1. The fraction of sp³-hybridized carbons (Fsp3) is 0.356. The number of ether oxygens (including phenoxy) is 7. The van der Waals surface area contributed by atoms with E-state index in [0.29, 0.717) is 5.56 Å². The third-order valence-corrected chi connectivity index (χ3v) is 10.4. The standard InChI is InChI=1S/C45H47NO11/c1-5-23-51-43(49)38(27(2)47)46(45(50)54-26-37-35-17-11-9-15-33(35)34-16-10-12-18-36(34)37)42-41(53-25-30-13-7-6-8-14-30)40-39(28(3)55-42)56-44(57-40)32-21-19-31(20-22-32)24-52-29(4)48/h5-22,27-28,37-42,44,47H,1,23-26H2,2-4H3/t27-,28+,38+,39-,40-,41+,42-,44?/m1/s1. The zero-order valence-electron chi connectivity index (χ0n) is 32.1. The Morgan fingerprint density at radius 1 is 0.789 bits per heavy atom. The van der Waals surface area contributed by atoms with Crippen molar-refractivity contribution in [2.75, 3.05) is 13.2 Å². The van der Waals surface area contributed by atoms with Crippen molar-refractivity contribution in [1.29, 1.82) is 0 Å². The maximum atomic E-state index is 14.7. The number of fused-ring (bicyclic) bond motifs is 4. The molecule has 2 saturated heterocycles. The van der Waals surface area contributed by atoms with Crippen LogP contribution in [0.5, 0.6) is 0 Å². The average molecular weight is 778 g/mol. The molecule has 2 aliphatic heterocycles. The first-order valence-electron chi connectivity index (χ1n) is 19.1. The van der Waals surface area contributed by atoms with Crippen molar-refractivity contribution in [3.63, 3.8) is 0 Å². The second-order valence-corrected chi connectivity index (χ2v) is 14.4. The van der Waals surface area contributed by atoms with Gasteiger partial charge in [0.1, 0.15) is 38.1 Å². The molecule has 0 saturated carbocycles. The summed E-state index contributed by atoms with van der Waals surface area (Å²) in [6, 6.07) is 31.1. The van der Waals surface area contributed by atoms with Gasteiger partial charge in [0.25, 0.3) is 0 Å². The number of amides is 1. The number of rotatable bonds is 14. The molecule has 2 fully saturated rings. The van der Waals surface area contributed by atoms with Crippen molar-refractivity contribution >= 4 is 18.0 Å². The summed E-state index contributed by atoms with van der Waals surface area (Å²) < 4.78 is 43.1. The van der Waals surface area contributed by atoms with Crippen LogP contribution in [0.2, 0.25) is 0 Å². The Morgan fingerprint density at radius 3 is 2.04 bits per heavy atom. The Bertz CT molecular complexity index is 1990. The molecule has 4 aromatic rings. The quantitative estimate of drug-likeness (QED) is 0.0843. The summed E-state index contributed by atoms with van der Waals surface area (Å²) in [6.07, 6.45) is -6.30. The lowest BCUT2D eigenvalue weighted by Crippen LogP contribution is -2.67. The van der Waals surface area contributed by atoms with E-state index in [9.17, 15) is 19.5 Å². The molecule has 0 bridgehead atoms. The van der Waals surface area contributed by atoms with Crippen molar-refractivity contribution in [1.82, 2.24) is 4.90 Å². The highest BCUT2D eigenvalue weighted by molar-refractivity contribution is 5.83. The van der Waals surface area contributed by atoms with Gasteiger partial charge in [-0.05, 0) is 47.2 Å². The van der Waals surface area contributed by atoms with Gasteiger partial charge < -0.3 is 38.3 Å². The summed E-state index contributed by atoms with van der Waals surface area (Å²) in [4.78, 5) is 40.9. The van der Waals surface area contributed by atoms with Crippen LogP contribution in [-0.2, 0) is 56.0 Å². The van der Waals surface area contributed by atoms with Crippen LogP contribution >= 0.6 is 0 Å². The molecule has 1 amide bonds. The highest BCUT2D eigenvalue weighted by Gasteiger charge is 2.57. The number of hydrogen-bond acceptors (Lipinski definition) is 11. The fourth-order valence-corrected chi connectivity index (χ4v) is 7.75. The number of aliphatic hydroxyl groups excluding tert-OH is 1. The first kappa shape index (κ1) is 39.8. The molecule has 7 rings (SSSR count). The highest BCUT2D eigenvalue weighted by Crippen LogP contribution is 2.45. The molecular weight excluding hydrogens is 730 g/mol. The average Bonchev–Trinajstić information content (AvgIpc) is 3.81. The number of nitrogens with zero attached hydrogens (tertiary/aromatic N) is 1. The minimum absolute atomic E-state index is 0.0589. The van der Waals surface area contributed by atoms with Gasteiger partial charge in [0.2, 0.25) is 0 Å². The maximum absolute atomic E-state index is 14.7. The first-order valence-corrected chi connectivity index (χ1v) is 19.1. The van der Waals surface area contributed by atoms with E-state index in [4.69, 9.17) is 33.2 Å². The highest BCUT2D eigenvalue weighted by atomic mass is 16.8. The van der Waals surface area contributed by atoms with E-state index in [-0.39, 0.29) is 38.3 Å². The number of aliphatic hydroxyl groups is 1. The molecule has 1 N–H and O–H groups in total. The summed E-state index contributed by atoms with van der Waals surface area (Å²) in [5.74, 6) is -1.54. The minimum atomic E-state index is -1.57. The van der Waals surface area contributed by atoms with Gasteiger partial charge in [-0.25, -0.2) is 9.59 Å². The van der Waals surface area contributed by atoms with E-state index in [0.717, 1.165) is 38.3 Å². The van der Waals surface area contributed by atoms with Crippen LogP contribution in [-0.4, -0.2) is 84.0 Å². The topological polar surface area (TPSA) is 139 Å². The number of carbonyl (C=O) groups is 3. The monoisotopic (exact) mass is 777 g/mol. The van der Waals surface area contributed by atoms with Gasteiger partial charge in [-0.1, -0.05) is 116 Å². The van der Waals surface area contributed by atoms with Gasteiger partial charge in [0, 0.05) is 18.4 Å². The molecular formula is C45H47NO11. The summed E-state index contributed by atoms with van der Waals surface area (Å²) >= 11 is 0. The molecule has 8 atom stereocenters. The van der Waals surface area contributed by atoms with Gasteiger partial charge in [-0.2, -0.15) is 0 Å². The van der Waals surface area contributed by atoms with Crippen molar-refractivity contribution in [3.8, 4) is 11.1 Å². The van der Waals surface area contributed by atoms with E-state index in [1.165, 1.54) is 19.9 Å². The molecule has 3 aliphatic rings. The molecule has 1 unspecified atom stereocenters. The Kier molecular flexibility index (Phi) is 12.5. The SMILES string of the molecule is C=CCOC(=O)[C@H]([C@@H](C)O)N(C(=O)OCC1c2ccccc2-c2ccccc21)[C@@H]1O[C@@H](C)[C@H]2OC(c3ccc(COC(C)=O)cc3)O[C@H]2[C@@H]1OCc1ccccc1. The lowest BCUT2D eigenvalue weighted by Gasteiger charge is -2.47. The Morgan fingerprint density at radius 2 is 1.40 bits per heavy atom. The van der Waals surface area contributed by atoms with E-state index >= 15 is 0 Å². The molecule has 12 heteroatoms. The van der Waals surface area contributed by atoms with Gasteiger partial charge in [-0.15, -0.1) is 0 Å². The predicted molar refractivity (Wildman–Crippen MR) is 207 cm³/mol. The van der Waals surface area contributed by atoms with Crippen LogP contribution in [0, 0.1) is 0 Å². The predicted octanol–water partition coefficient (Wildman–Crippen LogP) is 6.59. The van der Waals surface area contributed by atoms with Crippen LogP contribution in [0.15, 0.2) is 116 Å². The van der Waals surface area contributed by atoms with E-state index in [1.54, 1.807) is 6.92 Å². The zero-order valence-corrected chi connectivity index (χ0v) is 32.1. The van der Waals surface area contributed by atoms with Gasteiger partial charge in [0.05, 0.1) is 18.8 Å². The second kappa shape index (κ2) is 17.8. The number of carbonyl (C=O) groups excluding carboxylic acids is 3. The molecule has 12 nitrogen and oxygen atoms in total. The van der Waals surface area contributed by atoms with Crippen LogP contribution in [0.25, 0.3) is 11.1 Å². The molecule has 1 aliphatic carbocycles. The van der Waals surface area contributed by atoms with Crippen molar-refractivity contribution < 1.29 is 52.6 Å². The lowest BCUT2D eigenvalue weighted by molar-refractivity contribution is -0.248. The number of benzene rings is 4. The van der Waals surface area contributed by atoms with Gasteiger partial charge in [0.15, 0.2) is 18.6 Å². The number of esters is 2. The molecule has 0 aromatic heterocycles. The maximum Gasteiger partial charge on any atom is 0.412 e. The summed E-state index contributed by atoms with van der Waals surface area (Å²) in [5, 5.41) is 11.2. The molecule has 0 radical (unpaired) electrons. The van der Waals surface area contributed by atoms with Crippen LogP contribution < -0.4 is 0 Å². The summed E-state index contributed by atoms with van der Waals surface area (Å²) in [5.41, 5.74) is 6.45. The normalized spacial score (nSPS) is 23.3. The molecule has 4 aromatic carbocycles. The van der Waals surface area contributed by atoms with E-state index < -0.39 is 61.1 Å². The summed E-state index contributed by atoms with van der Waals surface area (Å²) in [6.45, 7) is 8.19. The molecule has 0 spiro atoms. The largest absolute Gasteiger partial charge is 0.461 e. The third kappa shape index (κ3) is 8.65. The van der Waals surface area contributed by atoms with Crippen molar-refractivity contribution in [3.05, 3.63) is 144 Å². The number of hydrogen-bond donors (Lipinski definition) is 1. The van der Waals surface area contributed by atoms with Gasteiger partial charge >= 0.3 is 18.0 Å². The molecule has 2 heterocycles. The Hall–Kier alpha value is -5.37. The molecule has 298 valence electrons. The van der Waals surface area contributed by atoms with Crippen LogP contribution in [0.4, 0.5) is 4.79 Å². The minimum Gasteiger partial charge on any atom is -0.461 e. The van der Waals surface area contributed by atoms with Gasteiger partial charge in [-0.3, -0.25) is 9.69 Å². The fourth-order valence-electron chi connectivity index (χ4n) is 7.75. The molecule has 57 heavy (non-hydrogen) atoms. The van der Waals surface area contributed by atoms with E-state index in [1.807, 2.05) is 103 Å². The smallest absolute Gasteiger partial charge is 0.412 e. The third-order valence-electron chi connectivity index (χ3n) is 10.4. The second-order valence-electron chi connectivity index (χ2n) is 14.4.